The maximum absolute atomic E-state index is 12.4. The fourth-order valence-corrected chi connectivity index (χ4v) is 2.52. The summed E-state index contributed by atoms with van der Waals surface area (Å²) in [6.07, 6.45) is 1.63. The highest BCUT2D eigenvalue weighted by molar-refractivity contribution is 6.30. The Morgan fingerprint density at radius 1 is 1.63 bits per heavy atom. The van der Waals surface area contributed by atoms with Gasteiger partial charge in [-0.15, -0.1) is 0 Å². The first-order valence-corrected chi connectivity index (χ1v) is 6.79. The average Bonchev–Trinajstić information content (AvgIpc) is 2.64. The predicted octanol–water partition coefficient (Wildman–Crippen LogP) is 1.32. The number of rotatable bonds is 3. The van der Waals surface area contributed by atoms with E-state index in [0.717, 1.165) is 6.54 Å². The van der Waals surface area contributed by atoms with Gasteiger partial charge in [0, 0.05) is 31.7 Å². The van der Waals surface area contributed by atoms with Crippen molar-refractivity contribution in [2.24, 2.45) is 5.92 Å². The van der Waals surface area contributed by atoms with Crippen LogP contribution >= 0.6 is 11.6 Å². The van der Waals surface area contributed by atoms with Crippen molar-refractivity contribution in [2.75, 3.05) is 46.9 Å². The number of halogens is 1. The maximum Gasteiger partial charge on any atom is 0.270 e. The number of hydrogen-bond donors (Lipinski definition) is 1. The molecular weight excluding hydrogens is 266 g/mol. The van der Waals surface area contributed by atoms with Crippen LogP contribution < -0.4 is 0 Å². The molecule has 1 aliphatic heterocycles. The molecule has 0 saturated carbocycles. The molecule has 1 saturated heterocycles. The van der Waals surface area contributed by atoms with Crippen molar-refractivity contribution in [3.63, 3.8) is 0 Å². The van der Waals surface area contributed by atoms with Crippen LogP contribution in [-0.4, -0.2) is 67.6 Å². The second kappa shape index (κ2) is 6.41. The molecule has 2 heterocycles. The molecule has 1 atom stereocenters. The molecule has 1 aliphatic rings. The van der Waals surface area contributed by atoms with Crippen LogP contribution in [0.5, 0.6) is 0 Å². The van der Waals surface area contributed by atoms with Crippen molar-refractivity contribution < 1.29 is 9.53 Å². The summed E-state index contributed by atoms with van der Waals surface area (Å²) in [6.45, 7) is 3.54. The van der Waals surface area contributed by atoms with Crippen LogP contribution in [0.25, 0.3) is 0 Å². The molecule has 1 fully saturated rings. The number of carbonyl (C=O) groups is 1. The molecule has 5 nitrogen and oxygen atoms in total. The van der Waals surface area contributed by atoms with Gasteiger partial charge < -0.3 is 19.5 Å². The van der Waals surface area contributed by atoms with Crippen LogP contribution in [0.2, 0.25) is 5.02 Å². The minimum absolute atomic E-state index is 0.0128. The monoisotopic (exact) mass is 285 g/mol. The smallest absolute Gasteiger partial charge is 0.270 e. The van der Waals surface area contributed by atoms with E-state index in [0.29, 0.717) is 42.9 Å². The Balaban J connectivity index is 2.03. The number of nitrogens with one attached hydrogen (secondary N) is 1. The van der Waals surface area contributed by atoms with Gasteiger partial charge in [-0.2, -0.15) is 0 Å². The molecule has 0 bridgehead atoms. The largest absolute Gasteiger partial charge is 0.379 e. The van der Waals surface area contributed by atoms with Crippen molar-refractivity contribution in [3.05, 3.63) is 23.0 Å². The number of ether oxygens (including phenoxy) is 1. The van der Waals surface area contributed by atoms with E-state index in [-0.39, 0.29) is 5.91 Å². The van der Waals surface area contributed by atoms with Gasteiger partial charge in [0.1, 0.15) is 5.69 Å². The molecule has 0 aromatic carbocycles. The van der Waals surface area contributed by atoms with E-state index >= 15 is 0 Å². The highest BCUT2D eigenvalue weighted by atomic mass is 35.5. The summed E-state index contributed by atoms with van der Waals surface area (Å²) >= 11 is 5.84. The first kappa shape index (κ1) is 14.4. The van der Waals surface area contributed by atoms with Gasteiger partial charge in [0.05, 0.1) is 18.2 Å². The van der Waals surface area contributed by atoms with E-state index in [2.05, 4.69) is 9.88 Å². The highest BCUT2D eigenvalue weighted by Gasteiger charge is 2.24. The first-order valence-electron chi connectivity index (χ1n) is 6.42. The van der Waals surface area contributed by atoms with Gasteiger partial charge in [0.25, 0.3) is 5.91 Å². The van der Waals surface area contributed by atoms with Crippen LogP contribution in [0, 0.1) is 5.92 Å². The lowest BCUT2D eigenvalue weighted by molar-refractivity contribution is 0.0730. The lowest BCUT2D eigenvalue weighted by Gasteiger charge is -2.25. The third-order valence-corrected chi connectivity index (χ3v) is 3.34. The summed E-state index contributed by atoms with van der Waals surface area (Å²) in [6, 6.07) is 1.66. The van der Waals surface area contributed by atoms with E-state index in [1.807, 2.05) is 19.0 Å². The summed E-state index contributed by atoms with van der Waals surface area (Å²) in [5.74, 6) is 0.327. The number of aromatic amines is 1. The summed E-state index contributed by atoms with van der Waals surface area (Å²) in [5.41, 5.74) is 0.538. The van der Waals surface area contributed by atoms with Crippen molar-refractivity contribution >= 4 is 17.5 Å². The van der Waals surface area contributed by atoms with E-state index < -0.39 is 0 Å². The van der Waals surface area contributed by atoms with Crippen LogP contribution in [0.1, 0.15) is 10.5 Å². The SMILES string of the molecule is CN(C)C[C@H]1COCCN(C(=O)c2cc(Cl)c[nH]2)C1. The number of H-pyrrole nitrogens is 1. The van der Waals surface area contributed by atoms with Crippen LogP contribution in [0.15, 0.2) is 12.3 Å². The van der Waals surface area contributed by atoms with Crippen molar-refractivity contribution in [1.82, 2.24) is 14.8 Å². The van der Waals surface area contributed by atoms with Gasteiger partial charge in [-0.25, -0.2) is 0 Å². The molecule has 2 rings (SSSR count). The zero-order valence-electron chi connectivity index (χ0n) is 11.4. The standard InChI is InChI=1S/C13H20ClN3O2/c1-16(2)7-10-8-17(3-4-19-9-10)13(18)12-5-11(14)6-15-12/h5-6,10,15H,3-4,7-9H2,1-2H3/t10-/m1/s1. The predicted molar refractivity (Wildman–Crippen MR) is 74.6 cm³/mol. The molecule has 0 spiro atoms. The molecule has 0 radical (unpaired) electrons. The van der Waals surface area contributed by atoms with Gasteiger partial charge in [-0.1, -0.05) is 11.6 Å². The number of carbonyl (C=O) groups excluding carboxylic acids is 1. The average molecular weight is 286 g/mol. The summed E-state index contributed by atoms with van der Waals surface area (Å²) in [7, 11) is 4.06. The van der Waals surface area contributed by atoms with Crippen molar-refractivity contribution in [1.29, 1.82) is 0 Å². The molecule has 19 heavy (non-hydrogen) atoms. The Hall–Kier alpha value is -1.04. The van der Waals surface area contributed by atoms with Gasteiger partial charge in [-0.3, -0.25) is 4.79 Å². The Kier molecular flexibility index (Phi) is 4.85. The second-order valence-electron chi connectivity index (χ2n) is 5.19. The lowest BCUT2D eigenvalue weighted by Crippen LogP contribution is -2.38. The topological polar surface area (TPSA) is 48.6 Å². The minimum Gasteiger partial charge on any atom is -0.379 e. The second-order valence-corrected chi connectivity index (χ2v) is 5.62. The van der Waals surface area contributed by atoms with Gasteiger partial charge in [0.2, 0.25) is 0 Å². The Labute approximate surface area is 118 Å². The molecule has 106 valence electrons. The molecular formula is C13H20ClN3O2. The third-order valence-electron chi connectivity index (χ3n) is 3.13. The number of amides is 1. The normalized spacial score (nSPS) is 20.6. The Morgan fingerprint density at radius 3 is 3.05 bits per heavy atom. The third kappa shape index (κ3) is 3.96. The van der Waals surface area contributed by atoms with E-state index in [4.69, 9.17) is 16.3 Å². The zero-order chi connectivity index (χ0) is 13.8. The highest BCUT2D eigenvalue weighted by Crippen LogP contribution is 2.14. The first-order chi connectivity index (χ1) is 9.06. The lowest BCUT2D eigenvalue weighted by atomic mass is 10.1. The van der Waals surface area contributed by atoms with E-state index in [9.17, 15) is 4.79 Å². The van der Waals surface area contributed by atoms with Gasteiger partial charge in [0.15, 0.2) is 0 Å². The van der Waals surface area contributed by atoms with Crippen LogP contribution in [0.4, 0.5) is 0 Å². The summed E-state index contributed by atoms with van der Waals surface area (Å²) in [5, 5.41) is 0.555. The zero-order valence-corrected chi connectivity index (χ0v) is 12.1. The summed E-state index contributed by atoms with van der Waals surface area (Å²) < 4.78 is 5.57. The van der Waals surface area contributed by atoms with E-state index in [1.165, 1.54) is 0 Å². The number of aromatic nitrogens is 1. The molecule has 6 heteroatoms. The molecule has 1 N–H and O–H groups in total. The van der Waals surface area contributed by atoms with Crippen molar-refractivity contribution in [3.8, 4) is 0 Å². The fourth-order valence-electron chi connectivity index (χ4n) is 2.35. The van der Waals surface area contributed by atoms with Gasteiger partial charge >= 0.3 is 0 Å². The van der Waals surface area contributed by atoms with Gasteiger partial charge in [-0.05, 0) is 20.2 Å². The number of nitrogens with zero attached hydrogens (tertiary/aromatic N) is 2. The Bertz CT molecular complexity index is 433. The maximum atomic E-state index is 12.4. The fraction of sp³-hybridized carbons (Fsp3) is 0.615. The number of hydrogen-bond acceptors (Lipinski definition) is 3. The molecule has 0 unspecified atom stereocenters. The minimum atomic E-state index is -0.0128. The Morgan fingerprint density at radius 2 is 2.42 bits per heavy atom. The molecule has 1 amide bonds. The summed E-state index contributed by atoms with van der Waals surface area (Å²) in [4.78, 5) is 19.2. The van der Waals surface area contributed by atoms with Crippen molar-refractivity contribution in [2.45, 2.75) is 0 Å². The molecule has 1 aromatic rings. The van der Waals surface area contributed by atoms with E-state index in [1.54, 1.807) is 12.3 Å². The van der Waals surface area contributed by atoms with Crippen LogP contribution in [0.3, 0.4) is 0 Å². The quantitative estimate of drug-likeness (QED) is 0.911. The molecule has 1 aromatic heterocycles. The van der Waals surface area contributed by atoms with Crippen LogP contribution in [-0.2, 0) is 4.74 Å². The molecule has 0 aliphatic carbocycles.